The zero-order chi connectivity index (χ0) is 26.1. The number of likely N-dealkylation sites (N-methyl/N-ethyl adjacent to an activating group) is 1. The molecule has 3 aliphatic heterocycles. The van der Waals surface area contributed by atoms with Crippen molar-refractivity contribution >= 4 is 22.3 Å². The van der Waals surface area contributed by atoms with E-state index in [4.69, 9.17) is 14.7 Å². The van der Waals surface area contributed by atoms with Gasteiger partial charge in [0.2, 0.25) is 0 Å². The van der Waals surface area contributed by atoms with Crippen molar-refractivity contribution in [2.75, 3.05) is 49.6 Å². The molecule has 1 aromatic heterocycles. The predicted octanol–water partition coefficient (Wildman–Crippen LogP) is 3.75. The van der Waals surface area contributed by atoms with Gasteiger partial charge in [0.05, 0.1) is 24.7 Å². The number of rotatable bonds is 6. The summed E-state index contributed by atoms with van der Waals surface area (Å²) >= 11 is 0. The van der Waals surface area contributed by atoms with Crippen LogP contribution in [-0.4, -0.2) is 72.8 Å². The first-order chi connectivity index (χ1) is 18.6. The van der Waals surface area contributed by atoms with E-state index in [1.54, 1.807) is 0 Å². The van der Waals surface area contributed by atoms with Gasteiger partial charge in [0.1, 0.15) is 12.4 Å². The number of likely N-dealkylation sites (tertiary alicyclic amines) is 1. The number of piperazine rings is 1. The first-order valence-electron chi connectivity index (χ1n) is 13.9. The molecule has 0 radical (unpaired) electrons. The van der Waals surface area contributed by atoms with E-state index in [-0.39, 0.29) is 12.1 Å². The van der Waals surface area contributed by atoms with Gasteiger partial charge in [-0.15, -0.1) is 0 Å². The number of fused-ring (bicyclic) bond motifs is 2. The Labute approximate surface area is 225 Å². The van der Waals surface area contributed by atoms with Crippen LogP contribution in [0.15, 0.2) is 42.5 Å². The Morgan fingerprint density at radius 1 is 1.13 bits per heavy atom. The Bertz CT molecular complexity index is 1330. The average molecular weight is 512 g/mol. The predicted molar refractivity (Wildman–Crippen MR) is 151 cm³/mol. The first-order valence-corrected chi connectivity index (χ1v) is 13.9. The molecule has 0 amide bonds. The lowest BCUT2D eigenvalue weighted by Crippen LogP contribution is -2.56. The highest BCUT2D eigenvalue weighted by molar-refractivity contribution is 5.94. The van der Waals surface area contributed by atoms with Gasteiger partial charge in [-0.1, -0.05) is 36.4 Å². The summed E-state index contributed by atoms with van der Waals surface area (Å²) in [4.78, 5) is 17.2. The quantitative estimate of drug-likeness (QED) is 0.536. The van der Waals surface area contributed by atoms with Crippen molar-refractivity contribution in [1.29, 1.82) is 5.26 Å². The van der Waals surface area contributed by atoms with E-state index in [0.717, 1.165) is 57.1 Å². The summed E-state index contributed by atoms with van der Waals surface area (Å²) in [7, 11) is 2.17. The molecule has 1 N–H and O–H groups in total. The SMILES string of the molecule is C[C@H]1CN[C@@H](CC#N)CN1c1nc(OC[C@@H]2CCCN2C)nc2c1CCN(c1cccc3ccccc13)C2. The Morgan fingerprint density at radius 2 is 2.00 bits per heavy atom. The second-order valence-electron chi connectivity index (χ2n) is 11.0. The number of aromatic nitrogens is 2. The number of benzene rings is 2. The zero-order valence-electron chi connectivity index (χ0n) is 22.4. The second-order valence-corrected chi connectivity index (χ2v) is 11.0. The zero-order valence-corrected chi connectivity index (χ0v) is 22.4. The van der Waals surface area contributed by atoms with E-state index in [1.165, 1.54) is 28.4 Å². The smallest absolute Gasteiger partial charge is 0.318 e. The summed E-state index contributed by atoms with van der Waals surface area (Å²) < 4.78 is 6.30. The fraction of sp³-hybridized carbons (Fsp3) is 0.500. The van der Waals surface area contributed by atoms with Crippen LogP contribution in [0.5, 0.6) is 6.01 Å². The number of hydrogen-bond acceptors (Lipinski definition) is 8. The molecule has 8 heteroatoms. The molecule has 2 aromatic carbocycles. The highest BCUT2D eigenvalue weighted by Gasteiger charge is 2.32. The van der Waals surface area contributed by atoms with Crippen LogP contribution in [0.3, 0.4) is 0 Å². The molecule has 8 nitrogen and oxygen atoms in total. The molecule has 2 saturated heterocycles. The third-order valence-electron chi connectivity index (χ3n) is 8.47. The Morgan fingerprint density at radius 3 is 2.84 bits per heavy atom. The third kappa shape index (κ3) is 4.89. The number of nitriles is 1. The van der Waals surface area contributed by atoms with Gasteiger partial charge in [0, 0.05) is 54.4 Å². The van der Waals surface area contributed by atoms with Crippen LogP contribution in [0.25, 0.3) is 10.8 Å². The molecule has 4 heterocycles. The van der Waals surface area contributed by atoms with Gasteiger partial charge in [0.15, 0.2) is 0 Å². The lowest BCUT2D eigenvalue weighted by molar-refractivity contribution is 0.187. The molecule has 0 unspecified atom stereocenters. The first kappa shape index (κ1) is 24.9. The van der Waals surface area contributed by atoms with E-state index in [9.17, 15) is 5.26 Å². The third-order valence-corrected chi connectivity index (χ3v) is 8.47. The van der Waals surface area contributed by atoms with Crippen LogP contribution in [0.2, 0.25) is 0 Å². The van der Waals surface area contributed by atoms with Gasteiger partial charge in [-0.25, -0.2) is 0 Å². The van der Waals surface area contributed by atoms with Gasteiger partial charge >= 0.3 is 6.01 Å². The van der Waals surface area contributed by atoms with E-state index >= 15 is 0 Å². The largest absolute Gasteiger partial charge is 0.462 e. The molecule has 0 aliphatic carbocycles. The second kappa shape index (κ2) is 10.8. The summed E-state index contributed by atoms with van der Waals surface area (Å²) in [6.07, 6.45) is 3.72. The van der Waals surface area contributed by atoms with Gasteiger partial charge in [0.25, 0.3) is 0 Å². The van der Waals surface area contributed by atoms with Crippen molar-refractivity contribution < 1.29 is 4.74 Å². The topological polar surface area (TPSA) is 80.5 Å². The Kier molecular flexibility index (Phi) is 7.05. The number of hydrogen-bond donors (Lipinski definition) is 1. The maximum absolute atomic E-state index is 9.32. The van der Waals surface area contributed by atoms with Crippen LogP contribution in [0.1, 0.15) is 37.4 Å². The maximum Gasteiger partial charge on any atom is 0.318 e. The molecule has 0 spiro atoms. The molecule has 198 valence electrons. The molecular formula is C30H37N7O. The number of anilines is 2. The monoisotopic (exact) mass is 511 g/mol. The van der Waals surface area contributed by atoms with Crippen molar-refractivity contribution in [3.8, 4) is 12.1 Å². The molecule has 3 atom stereocenters. The van der Waals surface area contributed by atoms with Gasteiger partial charge in [-0.05, 0) is 51.2 Å². The summed E-state index contributed by atoms with van der Waals surface area (Å²) in [5, 5.41) is 15.4. The van der Waals surface area contributed by atoms with Crippen molar-refractivity contribution in [2.45, 2.75) is 57.3 Å². The molecule has 3 aliphatic rings. The molecule has 6 rings (SSSR count). The molecule has 38 heavy (non-hydrogen) atoms. The minimum Gasteiger partial charge on any atom is -0.462 e. The maximum atomic E-state index is 9.32. The molecule has 0 bridgehead atoms. The normalized spacial score (nSPS) is 23.9. The van der Waals surface area contributed by atoms with Crippen LogP contribution < -0.4 is 19.9 Å². The highest BCUT2D eigenvalue weighted by Crippen LogP contribution is 2.35. The van der Waals surface area contributed by atoms with Crippen LogP contribution in [0.4, 0.5) is 11.5 Å². The summed E-state index contributed by atoms with van der Waals surface area (Å²) in [6, 6.07) is 18.7. The van der Waals surface area contributed by atoms with Crippen molar-refractivity contribution in [2.24, 2.45) is 0 Å². The summed E-state index contributed by atoms with van der Waals surface area (Å²) in [5.41, 5.74) is 3.51. The Balaban J connectivity index is 1.34. The number of ether oxygens (including phenoxy) is 1. The van der Waals surface area contributed by atoms with Crippen LogP contribution in [-0.2, 0) is 13.0 Å². The van der Waals surface area contributed by atoms with E-state index in [2.05, 4.69) is 82.5 Å². The van der Waals surface area contributed by atoms with Gasteiger partial charge < -0.3 is 24.8 Å². The number of nitrogens with zero attached hydrogens (tertiary/aromatic N) is 6. The van der Waals surface area contributed by atoms with E-state index < -0.39 is 0 Å². The lowest BCUT2D eigenvalue weighted by Gasteiger charge is -2.41. The minimum atomic E-state index is 0.133. The van der Waals surface area contributed by atoms with Crippen molar-refractivity contribution in [3.05, 3.63) is 53.7 Å². The number of nitrogens with one attached hydrogen (secondary N) is 1. The van der Waals surface area contributed by atoms with E-state index in [0.29, 0.717) is 25.1 Å². The van der Waals surface area contributed by atoms with E-state index in [1.807, 2.05) is 0 Å². The molecule has 3 aromatic rings. The fourth-order valence-corrected chi connectivity index (χ4v) is 6.21. The van der Waals surface area contributed by atoms with Crippen LogP contribution in [0, 0.1) is 11.3 Å². The van der Waals surface area contributed by atoms with Crippen molar-refractivity contribution in [3.63, 3.8) is 0 Å². The fourth-order valence-electron chi connectivity index (χ4n) is 6.21. The standard InChI is InChI=1S/C30H37N7O/c1-21-17-32-23(12-14-31)18-37(21)29-26-13-16-36(28-11-5-8-22-7-3-4-10-25(22)28)19-27(26)33-30(34-29)38-20-24-9-6-15-35(24)2/h3-5,7-8,10-11,21,23-24,32H,6,9,12-13,15-20H2,1-2H3/t21-,23-,24-/m0/s1. The van der Waals surface area contributed by atoms with Crippen LogP contribution >= 0.6 is 0 Å². The minimum absolute atomic E-state index is 0.133. The highest BCUT2D eigenvalue weighted by atomic mass is 16.5. The van der Waals surface area contributed by atoms with Gasteiger partial charge in [-0.2, -0.15) is 15.2 Å². The Hall–Kier alpha value is -3.41. The van der Waals surface area contributed by atoms with Gasteiger partial charge in [-0.3, -0.25) is 0 Å². The lowest BCUT2D eigenvalue weighted by atomic mass is 10.0. The summed E-state index contributed by atoms with van der Waals surface area (Å²) in [6.45, 7) is 7.17. The molecular weight excluding hydrogens is 474 g/mol. The molecule has 0 saturated carbocycles. The summed E-state index contributed by atoms with van der Waals surface area (Å²) in [5.74, 6) is 0.985. The van der Waals surface area contributed by atoms with Crippen molar-refractivity contribution in [1.82, 2.24) is 20.2 Å². The molecule has 2 fully saturated rings. The average Bonchev–Trinajstić information content (AvgIpc) is 3.36.